The van der Waals surface area contributed by atoms with Crippen molar-refractivity contribution in [1.29, 1.82) is 0 Å². The third-order valence-corrected chi connectivity index (χ3v) is 3.91. The zero-order valence-electron chi connectivity index (χ0n) is 8.78. The predicted octanol–water partition coefficient (Wildman–Crippen LogP) is 2.03. The van der Waals surface area contributed by atoms with Crippen LogP contribution in [0.2, 0.25) is 0 Å². The van der Waals surface area contributed by atoms with E-state index in [4.69, 9.17) is 0 Å². The highest BCUT2D eigenvalue weighted by Gasteiger charge is 2.13. The minimum Gasteiger partial charge on any atom is -0.508 e. The summed E-state index contributed by atoms with van der Waals surface area (Å²) in [7, 11) is 0. The van der Waals surface area contributed by atoms with Crippen LogP contribution in [-0.2, 0) is 6.42 Å². The van der Waals surface area contributed by atoms with Gasteiger partial charge in [-0.1, -0.05) is 18.2 Å². The number of nitrogens with one attached hydrogen (secondary N) is 1. The smallest absolute Gasteiger partial charge is 0.118 e. The lowest BCUT2D eigenvalue weighted by atomic mass is 10.1. The molecule has 3 heteroatoms. The van der Waals surface area contributed by atoms with Gasteiger partial charge in [-0.05, 0) is 36.8 Å². The lowest BCUT2D eigenvalue weighted by Gasteiger charge is -2.11. The Morgan fingerprint density at radius 3 is 3.00 bits per heavy atom. The Balaban J connectivity index is 1.75. The van der Waals surface area contributed by atoms with Crippen LogP contribution in [0.15, 0.2) is 24.3 Å². The number of thioether (sulfide) groups is 1. The molecule has 1 saturated heterocycles. The van der Waals surface area contributed by atoms with E-state index >= 15 is 0 Å². The molecule has 0 spiro atoms. The Hall–Kier alpha value is -0.670. The van der Waals surface area contributed by atoms with Gasteiger partial charge in [-0.25, -0.2) is 0 Å². The van der Waals surface area contributed by atoms with Crippen molar-refractivity contribution >= 4 is 11.8 Å². The molecule has 1 fully saturated rings. The molecule has 2 rings (SSSR count). The average molecular weight is 223 g/mol. The van der Waals surface area contributed by atoms with Crippen molar-refractivity contribution < 1.29 is 5.11 Å². The van der Waals surface area contributed by atoms with E-state index in [2.05, 4.69) is 5.32 Å². The Morgan fingerprint density at radius 1 is 1.40 bits per heavy atom. The summed E-state index contributed by atoms with van der Waals surface area (Å²) in [6.45, 7) is 0.961. The zero-order chi connectivity index (χ0) is 10.5. The first-order valence-electron chi connectivity index (χ1n) is 5.44. The van der Waals surface area contributed by atoms with Crippen molar-refractivity contribution in [2.45, 2.75) is 18.9 Å². The lowest BCUT2D eigenvalue weighted by molar-refractivity contribution is 0.465. The van der Waals surface area contributed by atoms with Gasteiger partial charge in [0.1, 0.15) is 5.75 Å². The Morgan fingerprint density at radius 2 is 2.27 bits per heavy atom. The predicted molar refractivity (Wildman–Crippen MR) is 65.5 cm³/mol. The van der Waals surface area contributed by atoms with Crippen molar-refractivity contribution in [2.24, 2.45) is 0 Å². The molecule has 0 aliphatic carbocycles. The van der Waals surface area contributed by atoms with E-state index in [1.165, 1.54) is 17.9 Å². The van der Waals surface area contributed by atoms with E-state index in [-0.39, 0.29) is 0 Å². The van der Waals surface area contributed by atoms with Gasteiger partial charge in [0.15, 0.2) is 0 Å². The van der Waals surface area contributed by atoms with Crippen LogP contribution in [0.5, 0.6) is 5.75 Å². The van der Waals surface area contributed by atoms with Gasteiger partial charge in [0.2, 0.25) is 0 Å². The third kappa shape index (κ3) is 3.14. The molecule has 1 aliphatic heterocycles. The summed E-state index contributed by atoms with van der Waals surface area (Å²) in [5.74, 6) is 2.94. The number of hydrogen-bond acceptors (Lipinski definition) is 3. The van der Waals surface area contributed by atoms with Crippen LogP contribution in [0.1, 0.15) is 12.0 Å². The monoisotopic (exact) mass is 223 g/mol. The normalized spacial score (nSPS) is 20.7. The Kier molecular flexibility index (Phi) is 3.92. The minimum atomic E-state index is 0.417. The highest BCUT2D eigenvalue weighted by atomic mass is 32.2. The minimum absolute atomic E-state index is 0.417. The standard InChI is InChI=1S/C12H17NOS/c14-12-4-2-1-3-10(12)5-7-13-11-6-8-15-9-11/h1-4,11,13-14H,5-9H2. The van der Waals surface area contributed by atoms with E-state index in [0.717, 1.165) is 18.5 Å². The Bertz CT molecular complexity index is 310. The summed E-state index contributed by atoms with van der Waals surface area (Å²) in [6.07, 6.45) is 2.19. The number of phenolic OH excluding ortho intramolecular Hbond substituents is 1. The van der Waals surface area contributed by atoms with Gasteiger partial charge in [0, 0.05) is 11.8 Å². The SMILES string of the molecule is Oc1ccccc1CCNC1CCSC1. The molecule has 15 heavy (non-hydrogen) atoms. The van der Waals surface area contributed by atoms with Gasteiger partial charge in [-0.15, -0.1) is 0 Å². The molecule has 2 nitrogen and oxygen atoms in total. The third-order valence-electron chi connectivity index (χ3n) is 2.75. The van der Waals surface area contributed by atoms with Crippen LogP contribution < -0.4 is 5.32 Å². The fourth-order valence-electron chi connectivity index (χ4n) is 1.83. The average Bonchev–Trinajstić information content (AvgIpc) is 2.74. The van der Waals surface area contributed by atoms with Crippen molar-refractivity contribution in [1.82, 2.24) is 5.32 Å². The topological polar surface area (TPSA) is 32.3 Å². The van der Waals surface area contributed by atoms with Crippen molar-refractivity contribution in [3.63, 3.8) is 0 Å². The second kappa shape index (κ2) is 5.42. The molecule has 1 aromatic carbocycles. The molecule has 82 valence electrons. The molecule has 0 aromatic heterocycles. The largest absolute Gasteiger partial charge is 0.508 e. The number of aromatic hydroxyl groups is 1. The van der Waals surface area contributed by atoms with Crippen LogP contribution in [0.3, 0.4) is 0 Å². The maximum Gasteiger partial charge on any atom is 0.118 e. The van der Waals surface area contributed by atoms with Gasteiger partial charge in [0.25, 0.3) is 0 Å². The van der Waals surface area contributed by atoms with Gasteiger partial charge in [-0.2, -0.15) is 11.8 Å². The van der Waals surface area contributed by atoms with E-state index in [0.29, 0.717) is 11.8 Å². The van der Waals surface area contributed by atoms with Gasteiger partial charge in [-0.3, -0.25) is 0 Å². The molecule has 0 saturated carbocycles. The molecule has 1 aromatic rings. The molecule has 1 heterocycles. The molecule has 1 unspecified atom stereocenters. The number of hydrogen-bond donors (Lipinski definition) is 2. The fourth-order valence-corrected chi connectivity index (χ4v) is 3.02. The van der Waals surface area contributed by atoms with E-state index in [1.807, 2.05) is 30.0 Å². The highest BCUT2D eigenvalue weighted by molar-refractivity contribution is 7.99. The van der Waals surface area contributed by atoms with Crippen LogP contribution in [-0.4, -0.2) is 29.2 Å². The van der Waals surface area contributed by atoms with Crippen molar-refractivity contribution in [3.8, 4) is 5.75 Å². The van der Waals surface area contributed by atoms with Crippen molar-refractivity contribution in [2.75, 3.05) is 18.1 Å². The van der Waals surface area contributed by atoms with Crippen molar-refractivity contribution in [3.05, 3.63) is 29.8 Å². The lowest BCUT2D eigenvalue weighted by Crippen LogP contribution is -2.30. The maximum absolute atomic E-state index is 9.57. The molecule has 0 radical (unpaired) electrons. The van der Waals surface area contributed by atoms with Crippen LogP contribution in [0, 0.1) is 0 Å². The number of benzene rings is 1. The molecule has 1 atom stereocenters. The fraction of sp³-hybridized carbons (Fsp3) is 0.500. The summed E-state index contributed by atoms with van der Waals surface area (Å²) in [5, 5.41) is 13.1. The summed E-state index contributed by atoms with van der Waals surface area (Å²) in [4.78, 5) is 0. The van der Waals surface area contributed by atoms with E-state index in [9.17, 15) is 5.11 Å². The summed E-state index contributed by atoms with van der Waals surface area (Å²) < 4.78 is 0. The quantitative estimate of drug-likeness (QED) is 0.819. The summed E-state index contributed by atoms with van der Waals surface area (Å²) in [6, 6.07) is 8.25. The number of phenols is 1. The molecule has 2 N–H and O–H groups in total. The van der Waals surface area contributed by atoms with E-state index in [1.54, 1.807) is 6.07 Å². The molecular weight excluding hydrogens is 206 g/mol. The summed E-state index contributed by atoms with van der Waals surface area (Å²) in [5.41, 5.74) is 1.04. The first-order valence-corrected chi connectivity index (χ1v) is 6.60. The van der Waals surface area contributed by atoms with E-state index < -0.39 is 0 Å². The van der Waals surface area contributed by atoms with Crippen LogP contribution in [0.4, 0.5) is 0 Å². The van der Waals surface area contributed by atoms with Crippen LogP contribution >= 0.6 is 11.8 Å². The first-order chi connectivity index (χ1) is 7.36. The first kappa shape index (κ1) is 10.8. The Labute approximate surface area is 95.1 Å². The zero-order valence-corrected chi connectivity index (χ0v) is 9.59. The molecule has 0 bridgehead atoms. The van der Waals surface area contributed by atoms with Gasteiger partial charge < -0.3 is 10.4 Å². The second-order valence-corrected chi connectivity index (χ2v) is 5.04. The maximum atomic E-state index is 9.57. The molecular formula is C12H17NOS. The number of para-hydroxylation sites is 1. The van der Waals surface area contributed by atoms with Gasteiger partial charge in [0.05, 0.1) is 0 Å². The molecule has 0 amide bonds. The van der Waals surface area contributed by atoms with Crippen LogP contribution in [0.25, 0.3) is 0 Å². The second-order valence-electron chi connectivity index (χ2n) is 3.89. The molecule has 1 aliphatic rings. The highest BCUT2D eigenvalue weighted by Crippen LogP contribution is 2.18. The van der Waals surface area contributed by atoms with Gasteiger partial charge >= 0.3 is 0 Å². The summed E-state index contributed by atoms with van der Waals surface area (Å²) >= 11 is 2.02. The number of rotatable bonds is 4.